The number of nitrogen functional groups attached to an aromatic ring is 1. The van der Waals surface area contributed by atoms with E-state index in [4.69, 9.17) is 5.73 Å². The molecule has 1 atom stereocenters. The summed E-state index contributed by atoms with van der Waals surface area (Å²) in [6.45, 7) is 4.23. The van der Waals surface area contributed by atoms with Crippen molar-refractivity contribution < 1.29 is 4.79 Å². The highest BCUT2D eigenvalue weighted by molar-refractivity contribution is 5.85. The Morgan fingerprint density at radius 1 is 1.03 bits per heavy atom. The van der Waals surface area contributed by atoms with Crippen molar-refractivity contribution in [2.24, 2.45) is 0 Å². The van der Waals surface area contributed by atoms with Crippen molar-refractivity contribution in [1.82, 2.24) is 14.9 Å². The minimum atomic E-state index is -0.617. The molecule has 4 aromatic rings. The minimum Gasteiger partial charge on any atom is -0.383 e. The van der Waals surface area contributed by atoms with E-state index in [1.165, 1.54) is 4.57 Å². The molecule has 0 aliphatic rings. The molecule has 4 N–H and O–H groups in total. The zero-order valence-electron chi connectivity index (χ0n) is 19.8. The number of anilines is 2. The van der Waals surface area contributed by atoms with E-state index in [1.54, 1.807) is 4.90 Å². The second-order valence-electron chi connectivity index (χ2n) is 8.47. The van der Waals surface area contributed by atoms with Crippen LogP contribution in [-0.4, -0.2) is 28.5 Å². The zero-order valence-corrected chi connectivity index (χ0v) is 19.8. The van der Waals surface area contributed by atoms with Gasteiger partial charge in [-0.05, 0) is 41.8 Å². The number of aromatic nitrogens is 2. The predicted molar refractivity (Wildman–Crippen MR) is 140 cm³/mol. The van der Waals surface area contributed by atoms with Crippen LogP contribution in [0.3, 0.4) is 0 Å². The Morgan fingerprint density at radius 2 is 1.71 bits per heavy atom. The van der Waals surface area contributed by atoms with Gasteiger partial charge in [-0.3, -0.25) is 19.1 Å². The van der Waals surface area contributed by atoms with E-state index in [1.807, 2.05) is 80.6 Å². The van der Waals surface area contributed by atoms with Crippen molar-refractivity contribution in [3.63, 3.8) is 0 Å². The summed E-state index contributed by atoms with van der Waals surface area (Å²) in [6.07, 6.45) is 0. The molecule has 180 valence electrons. The van der Waals surface area contributed by atoms with Gasteiger partial charge in [-0.25, -0.2) is 4.79 Å². The molecule has 0 aliphatic heterocycles. The highest BCUT2D eigenvalue weighted by Crippen LogP contribution is 2.21. The molecule has 3 aromatic carbocycles. The number of carbonyl (C=O) groups is 1. The highest BCUT2D eigenvalue weighted by atomic mass is 16.2. The standard InChI is InChI=1S/C27H29N5O3/c1-3-31(17-23(33)29-18(2)21-14-13-20-11-7-8-12-22(20)15-21)24-25(28)32(27(35)30-26(24)34)16-19-9-5-4-6-10-19/h4-15,18H,3,16-17,28H2,1-2H3,(H,29,33)(H,30,34,35). The topological polar surface area (TPSA) is 113 Å². The number of nitrogens with two attached hydrogens (primary N) is 1. The van der Waals surface area contributed by atoms with Crippen molar-refractivity contribution in [1.29, 1.82) is 0 Å². The van der Waals surface area contributed by atoms with Gasteiger partial charge in [-0.2, -0.15) is 0 Å². The molecule has 1 amide bonds. The summed E-state index contributed by atoms with van der Waals surface area (Å²) < 4.78 is 1.31. The Morgan fingerprint density at radius 3 is 2.43 bits per heavy atom. The van der Waals surface area contributed by atoms with Crippen LogP contribution in [0.4, 0.5) is 11.5 Å². The lowest BCUT2D eigenvalue weighted by Crippen LogP contribution is -2.43. The summed E-state index contributed by atoms with van der Waals surface area (Å²) >= 11 is 0. The molecular weight excluding hydrogens is 442 g/mol. The second-order valence-corrected chi connectivity index (χ2v) is 8.47. The van der Waals surface area contributed by atoms with Crippen LogP contribution in [0.15, 0.2) is 82.4 Å². The van der Waals surface area contributed by atoms with Crippen LogP contribution in [0, 0.1) is 0 Å². The number of benzene rings is 3. The molecule has 35 heavy (non-hydrogen) atoms. The SMILES string of the molecule is CCN(CC(=O)NC(C)c1ccc2ccccc2c1)c1c(N)n(Cc2ccccc2)c(=O)[nH]c1=O. The van der Waals surface area contributed by atoms with E-state index in [2.05, 4.69) is 16.4 Å². The maximum atomic E-state index is 12.9. The van der Waals surface area contributed by atoms with Crippen LogP contribution in [0.1, 0.15) is 31.0 Å². The second kappa shape index (κ2) is 10.3. The molecule has 0 saturated heterocycles. The molecule has 8 nitrogen and oxygen atoms in total. The fraction of sp³-hybridized carbons (Fsp3) is 0.222. The number of rotatable bonds is 8. The fourth-order valence-electron chi connectivity index (χ4n) is 4.18. The smallest absolute Gasteiger partial charge is 0.330 e. The average molecular weight is 472 g/mol. The third kappa shape index (κ3) is 5.27. The lowest BCUT2D eigenvalue weighted by molar-refractivity contribution is -0.120. The number of carbonyl (C=O) groups excluding carboxylic acids is 1. The van der Waals surface area contributed by atoms with E-state index in [0.717, 1.165) is 21.9 Å². The van der Waals surface area contributed by atoms with E-state index < -0.39 is 11.2 Å². The van der Waals surface area contributed by atoms with Gasteiger partial charge < -0.3 is 16.0 Å². The van der Waals surface area contributed by atoms with Gasteiger partial charge in [0.25, 0.3) is 5.56 Å². The number of amides is 1. The monoisotopic (exact) mass is 471 g/mol. The van der Waals surface area contributed by atoms with E-state index in [0.29, 0.717) is 6.54 Å². The van der Waals surface area contributed by atoms with Crippen molar-refractivity contribution in [2.75, 3.05) is 23.7 Å². The maximum Gasteiger partial charge on any atom is 0.330 e. The molecule has 0 saturated carbocycles. The molecule has 1 heterocycles. The van der Waals surface area contributed by atoms with Crippen LogP contribution in [0.25, 0.3) is 10.8 Å². The van der Waals surface area contributed by atoms with Gasteiger partial charge in [0.2, 0.25) is 5.91 Å². The highest BCUT2D eigenvalue weighted by Gasteiger charge is 2.21. The van der Waals surface area contributed by atoms with Crippen LogP contribution < -0.4 is 27.2 Å². The summed E-state index contributed by atoms with van der Waals surface area (Å²) in [5.41, 5.74) is 7.04. The van der Waals surface area contributed by atoms with E-state index in [9.17, 15) is 14.4 Å². The van der Waals surface area contributed by atoms with Gasteiger partial charge >= 0.3 is 5.69 Å². The first kappa shape index (κ1) is 23.8. The zero-order chi connectivity index (χ0) is 24.9. The van der Waals surface area contributed by atoms with Gasteiger partial charge in [-0.15, -0.1) is 0 Å². The number of fused-ring (bicyclic) bond motifs is 1. The molecule has 1 aromatic heterocycles. The van der Waals surface area contributed by atoms with Crippen LogP contribution in [-0.2, 0) is 11.3 Å². The number of aromatic amines is 1. The van der Waals surface area contributed by atoms with Crippen molar-refractivity contribution in [2.45, 2.75) is 26.4 Å². The van der Waals surface area contributed by atoms with Crippen molar-refractivity contribution in [3.05, 3.63) is 105 Å². The molecule has 0 radical (unpaired) electrons. The number of hydrogen-bond donors (Lipinski definition) is 3. The molecule has 0 bridgehead atoms. The Hall–Kier alpha value is -4.33. The summed E-state index contributed by atoms with van der Waals surface area (Å²) in [6, 6.07) is 23.2. The van der Waals surface area contributed by atoms with Gasteiger partial charge in [0, 0.05) is 6.54 Å². The van der Waals surface area contributed by atoms with Crippen LogP contribution in [0.2, 0.25) is 0 Å². The third-order valence-electron chi connectivity index (χ3n) is 6.08. The lowest BCUT2D eigenvalue weighted by Gasteiger charge is -2.25. The summed E-state index contributed by atoms with van der Waals surface area (Å²) in [5.74, 6) is -0.230. The number of likely N-dealkylation sites (N-methyl/N-ethyl adjacent to an activating group) is 1. The Kier molecular flexibility index (Phi) is 7.01. The largest absolute Gasteiger partial charge is 0.383 e. The Balaban J connectivity index is 1.54. The first-order valence-electron chi connectivity index (χ1n) is 11.6. The molecular formula is C27H29N5O3. The molecule has 0 spiro atoms. The van der Waals surface area contributed by atoms with Crippen LogP contribution in [0.5, 0.6) is 0 Å². The normalized spacial score (nSPS) is 11.8. The number of hydrogen-bond acceptors (Lipinski definition) is 5. The van der Waals surface area contributed by atoms with Gasteiger partial charge in [0.15, 0.2) is 0 Å². The van der Waals surface area contributed by atoms with Crippen LogP contribution >= 0.6 is 0 Å². The first-order chi connectivity index (χ1) is 16.9. The molecule has 0 aliphatic carbocycles. The number of H-pyrrole nitrogens is 1. The minimum absolute atomic E-state index is 0.0276. The number of nitrogens with one attached hydrogen (secondary N) is 2. The van der Waals surface area contributed by atoms with E-state index in [-0.39, 0.29) is 36.5 Å². The van der Waals surface area contributed by atoms with Gasteiger partial charge in [0.1, 0.15) is 11.5 Å². The van der Waals surface area contributed by atoms with E-state index >= 15 is 0 Å². The van der Waals surface area contributed by atoms with Crippen molar-refractivity contribution in [3.8, 4) is 0 Å². The third-order valence-corrected chi connectivity index (χ3v) is 6.08. The predicted octanol–water partition coefficient (Wildman–Crippen LogP) is 3.02. The van der Waals surface area contributed by atoms with Gasteiger partial charge in [-0.1, -0.05) is 66.7 Å². The maximum absolute atomic E-state index is 12.9. The molecule has 4 rings (SSSR count). The average Bonchev–Trinajstić information content (AvgIpc) is 2.86. The Bertz CT molecular complexity index is 1460. The van der Waals surface area contributed by atoms with Crippen molar-refractivity contribution >= 4 is 28.2 Å². The molecule has 8 heteroatoms. The summed E-state index contributed by atoms with van der Waals surface area (Å²) in [7, 11) is 0. The lowest BCUT2D eigenvalue weighted by atomic mass is 10.0. The number of nitrogens with zero attached hydrogens (tertiary/aromatic N) is 2. The fourth-order valence-corrected chi connectivity index (χ4v) is 4.18. The summed E-state index contributed by atoms with van der Waals surface area (Å²) in [4.78, 5) is 42.0. The Labute approximate surface area is 203 Å². The molecule has 1 unspecified atom stereocenters. The van der Waals surface area contributed by atoms with Gasteiger partial charge in [0.05, 0.1) is 19.1 Å². The molecule has 0 fully saturated rings. The first-order valence-corrected chi connectivity index (χ1v) is 11.6. The summed E-state index contributed by atoms with van der Waals surface area (Å²) in [5, 5.41) is 5.23. The quantitative estimate of drug-likeness (QED) is 0.366.